The molecule has 0 unspecified atom stereocenters. The Morgan fingerprint density at radius 3 is 2.80 bits per heavy atom. The van der Waals surface area contributed by atoms with Gasteiger partial charge in [0.25, 0.3) is 0 Å². The molecule has 0 spiro atoms. The molecule has 3 heteroatoms. The zero-order valence-electron chi connectivity index (χ0n) is 8.96. The average Bonchev–Trinajstić information content (AvgIpc) is 2.15. The summed E-state index contributed by atoms with van der Waals surface area (Å²) in [6.07, 6.45) is -0.594. The molecule has 82 valence electrons. The molecule has 0 saturated carbocycles. The molecular weight excluding hydrogens is 212 g/mol. The molecule has 1 aromatic carbocycles. The quantitative estimate of drug-likeness (QED) is 0.798. The molecule has 0 heterocycles. The highest BCUT2D eigenvalue weighted by Gasteiger charge is 2.09. The lowest BCUT2D eigenvalue weighted by Gasteiger charge is -2.13. The van der Waals surface area contributed by atoms with Gasteiger partial charge in [-0.25, -0.2) is 0 Å². The minimum Gasteiger partial charge on any atom is -0.489 e. The van der Waals surface area contributed by atoms with Gasteiger partial charge in [0.05, 0.1) is 6.10 Å². The van der Waals surface area contributed by atoms with E-state index in [2.05, 4.69) is 6.58 Å². The van der Waals surface area contributed by atoms with Crippen LogP contribution in [0.1, 0.15) is 25.5 Å². The molecule has 15 heavy (non-hydrogen) atoms. The van der Waals surface area contributed by atoms with E-state index in [9.17, 15) is 5.11 Å². The molecule has 2 nitrogen and oxygen atoms in total. The average molecular weight is 227 g/mol. The Bertz CT molecular complexity index is 359. The van der Waals surface area contributed by atoms with Crippen LogP contribution in [-0.4, -0.2) is 11.7 Å². The van der Waals surface area contributed by atoms with Crippen LogP contribution in [0.25, 0.3) is 0 Å². The highest BCUT2D eigenvalue weighted by atomic mass is 35.5. The molecule has 0 aliphatic rings. The molecular formula is C12H15ClO2. The van der Waals surface area contributed by atoms with Crippen molar-refractivity contribution in [1.29, 1.82) is 0 Å². The summed E-state index contributed by atoms with van der Waals surface area (Å²) >= 11 is 5.84. The number of hydrogen-bond donors (Lipinski definition) is 1. The second-order valence-corrected chi connectivity index (χ2v) is 4.04. The molecule has 1 N–H and O–H groups in total. The zero-order valence-corrected chi connectivity index (χ0v) is 9.71. The number of ether oxygens (including phenoxy) is 1. The number of hydrogen-bond acceptors (Lipinski definition) is 2. The van der Waals surface area contributed by atoms with Gasteiger partial charge >= 0.3 is 0 Å². The summed E-state index contributed by atoms with van der Waals surface area (Å²) < 4.78 is 5.50. The summed E-state index contributed by atoms with van der Waals surface area (Å²) in [6, 6.07) is 5.20. The van der Waals surface area contributed by atoms with Crippen LogP contribution in [0.4, 0.5) is 0 Å². The van der Waals surface area contributed by atoms with Gasteiger partial charge in [-0.1, -0.05) is 18.2 Å². The Hall–Kier alpha value is -0.990. The maximum Gasteiger partial charge on any atom is 0.125 e. The van der Waals surface area contributed by atoms with Crippen molar-refractivity contribution in [3.05, 3.63) is 40.9 Å². The fourth-order valence-corrected chi connectivity index (χ4v) is 1.36. The summed E-state index contributed by atoms with van der Waals surface area (Å²) in [7, 11) is 0. The predicted molar refractivity (Wildman–Crippen MR) is 62.4 cm³/mol. The maximum atomic E-state index is 9.53. The summed E-state index contributed by atoms with van der Waals surface area (Å²) in [5.74, 6) is 0.650. The molecule has 0 radical (unpaired) electrons. The van der Waals surface area contributed by atoms with E-state index in [0.717, 1.165) is 5.57 Å². The largest absolute Gasteiger partial charge is 0.489 e. The van der Waals surface area contributed by atoms with Gasteiger partial charge < -0.3 is 9.84 Å². The standard InChI is InChI=1S/C12H15ClO2/c1-8(2)7-15-12-5-4-10(13)6-11(12)9(3)14/h4-6,9,14H,1,7H2,2-3H3/t9-/m0/s1. The first kappa shape index (κ1) is 12.1. The molecule has 0 amide bonds. The van der Waals surface area contributed by atoms with Crippen molar-refractivity contribution in [2.75, 3.05) is 6.61 Å². The third-order valence-electron chi connectivity index (χ3n) is 1.90. The second-order valence-electron chi connectivity index (χ2n) is 3.60. The SMILES string of the molecule is C=C(C)COc1ccc(Cl)cc1[C@H](C)O. The van der Waals surface area contributed by atoms with Crippen molar-refractivity contribution in [1.82, 2.24) is 0 Å². The van der Waals surface area contributed by atoms with Gasteiger partial charge in [-0.2, -0.15) is 0 Å². The lowest BCUT2D eigenvalue weighted by atomic mass is 10.1. The zero-order chi connectivity index (χ0) is 11.4. The van der Waals surface area contributed by atoms with Crippen molar-refractivity contribution in [3.63, 3.8) is 0 Å². The van der Waals surface area contributed by atoms with Gasteiger partial charge in [0, 0.05) is 10.6 Å². The topological polar surface area (TPSA) is 29.5 Å². The summed E-state index contributed by atoms with van der Waals surface area (Å²) in [4.78, 5) is 0. The number of benzene rings is 1. The van der Waals surface area contributed by atoms with E-state index in [1.165, 1.54) is 0 Å². The molecule has 1 aromatic rings. The minimum atomic E-state index is -0.594. The van der Waals surface area contributed by atoms with E-state index in [0.29, 0.717) is 22.9 Å². The van der Waals surface area contributed by atoms with E-state index in [-0.39, 0.29) is 0 Å². The monoisotopic (exact) mass is 226 g/mol. The van der Waals surface area contributed by atoms with E-state index in [1.807, 2.05) is 6.92 Å². The summed E-state index contributed by atoms with van der Waals surface area (Å²) in [5.41, 5.74) is 1.63. The van der Waals surface area contributed by atoms with Crippen molar-refractivity contribution >= 4 is 11.6 Å². The molecule has 0 aliphatic carbocycles. The van der Waals surface area contributed by atoms with Crippen molar-refractivity contribution in [3.8, 4) is 5.75 Å². The van der Waals surface area contributed by atoms with Gasteiger partial charge in [-0.3, -0.25) is 0 Å². The van der Waals surface area contributed by atoms with Crippen LogP contribution in [-0.2, 0) is 0 Å². The third-order valence-corrected chi connectivity index (χ3v) is 2.13. The Morgan fingerprint density at radius 1 is 1.60 bits per heavy atom. The molecule has 0 aliphatic heterocycles. The first-order valence-electron chi connectivity index (χ1n) is 4.75. The Kier molecular flexibility index (Phi) is 4.18. The molecule has 0 bridgehead atoms. The van der Waals surface area contributed by atoms with Gasteiger partial charge in [0.15, 0.2) is 0 Å². The van der Waals surface area contributed by atoms with Gasteiger partial charge in [0.2, 0.25) is 0 Å². The highest BCUT2D eigenvalue weighted by molar-refractivity contribution is 6.30. The number of aliphatic hydroxyl groups is 1. The van der Waals surface area contributed by atoms with Crippen LogP contribution >= 0.6 is 11.6 Å². The Balaban J connectivity index is 2.90. The Labute approximate surface area is 95.1 Å². The summed E-state index contributed by atoms with van der Waals surface area (Å²) in [5, 5.41) is 10.1. The smallest absolute Gasteiger partial charge is 0.125 e. The van der Waals surface area contributed by atoms with E-state index < -0.39 is 6.10 Å². The van der Waals surface area contributed by atoms with Gasteiger partial charge in [-0.05, 0) is 37.6 Å². The first-order chi connectivity index (χ1) is 7.00. The fraction of sp³-hybridized carbons (Fsp3) is 0.333. The lowest BCUT2D eigenvalue weighted by molar-refractivity contribution is 0.192. The molecule has 0 saturated heterocycles. The van der Waals surface area contributed by atoms with Crippen LogP contribution in [0.5, 0.6) is 5.75 Å². The maximum absolute atomic E-state index is 9.53. The third kappa shape index (κ3) is 3.57. The van der Waals surface area contributed by atoms with Crippen molar-refractivity contribution in [2.45, 2.75) is 20.0 Å². The molecule has 0 aromatic heterocycles. The van der Waals surface area contributed by atoms with E-state index in [1.54, 1.807) is 25.1 Å². The van der Waals surface area contributed by atoms with Gasteiger partial charge in [0.1, 0.15) is 12.4 Å². The van der Waals surface area contributed by atoms with Crippen molar-refractivity contribution in [2.24, 2.45) is 0 Å². The fourth-order valence-electron chi connectivity index (χ4n) is 1.18. The second kappa shape index (κ2) is 5.19. The van der Waals surface area contributed by atoms with Crippen molar-refractivity contribution < 1.29 is 9.84 Å². The first-order valence-corrected chi connectivity index (χ1v) is 5.13. The molecule has 0 fully saturated rings. The molecule has 1 rings (SSSR count). The number of aliphatic hydroxyl groups excluding tert-OH is 1. The molecule has 1 atom stereocenters. The predicted octanol–water partition coefficient (Wildman–Crippen LogP) is 3.35. The highest BCUT2D eigenvalue weighted by Crippen LogP contribution is 2.28. The van der Waals surface area contributed by atoms with Crippen LogP contribution in [0.3, 0.4) is 0 Å². The normalized spacial score (nSPS) is 12.3. The van der Waals surface area contributed by atoms with E-state index in [4.69, 9.17) is 16.3 Å². The number of rotatable bonds is 4. The summed E-state index contributed by atoms with van der Waals surface area (Å²) in [6.45, 7) is 7.76. The van der Waals surface area contributed by atoms with Gasteiger partial charge in [-0.15, -0.1) is 0 Å². The lowest BCUT2D eigenvalue weighted by Crippen LogP contribution is -2.02. The minimum absolute atomic E-state index is 0.446. The van der Waals surface area contributed by atoms with Crippen LogP contribution in [0.15, 0.2) is 30.4 Å². The number of halogens is 1. The van der Waals surface area contributed by atoms with Crippen LogP contribution in [0.2, 0.25) is 5.02 Å². The van der Waals surface area contributed by atoms with Crippen LogP contribution < -0.4 is 4.74 Å². The Morgan fingerprint density at radius 2 is 2.27 bits per heavy atom. The van der Waals surface area contributed by atoms with E-state index >= 15 is 0 Å². The van der Waals surface area contributed by atoms with Crippen LogP contribution in [0, 0.1) is 0 Å².